The predicted octanol–water partition coefficient (Wildman–Crippen LogP) is 1.04. The standard InChI is InChI=1S/C23H23F3N6O4/c1-13(15-6-4-14(5-7-15)3-2-8-28-21(35)23(24,25)26)22(9-16(34)17(10-33)36-22)32-12-31-18-19(27)29-11-30-20(18)32/h4-7,11-13,16-17,33-34H,8-10H2,1H3,(H,28,35)(H2,27,29,30)/t13?,16-,17+,22-/m0/s1. The summed E-state index contributed by atoms with van der Waals surface area (Å²) in [6.07, 6.45) is -3.80. The minimum atomic E-state index is -4.96. The summed E-state index contributed by atoms with van der Waals surface area (Å²) in [6.45, 7) is 1.04. The van der Waals surface area contributed by atoms with Gasteiger partial charge in [0.2, 0.25) is 0 Å². The van der Waals surface area contributed by atoms with Gasteiger partial charge in [-0.05, 0) is 17.7 Å². The van der Waals surface area contributed by atoms with Crippen molar-refractivity contribution in [1.29, 1.82) is 0 Å². The van der Waals surface area contributed by atoms with Crippen LogP contribution in [0.5, 0.6) is 0 Å². The van der Waals surface area contributed by atoms with Gasteiger partial charge in [0.25, 0.3) is 0 Å². The fraction of sp³-hybridized carbons (Fsp3) is 0.391. The summed E-state index contributed by atoms with van der Waals surface area (Å²) in [5, 5.41) is 22.0. The number of nitrogens with two attached hydrogens (primary N) is 1. The number of halogens is 3. The molecule has 0 aliphatic carbocycles. The van der Waals surface area contributed by atoms with E-state index in [0.717, 1.165) is 5.56 Å². The molecule has 2 aromatic heterocycles. The van der Waals surface area contributed by atoms with Crippen LogP contribution in [0.2, 0.25) is 0 Å². The van der Waals surface area contributed by atoms with Crippen LogP contribution in [0, 0.1) is 11.8 Å². The molecule has 13 heteroatoms. The number of hydrogen-bond donors (Lipinski definition) is 4. The number of carbonyl (C=O) groups excluding carboxylic acids is 1. The third-order valence-electron chi connectivity index (χ3n) is 6.15. The summed E-state index contributed by atoms with van der Waals surface area (Å²) in [4.78, 5) is 23.4. The van der Waals surface area contributed by atoms with E-state index < -0.39 is 43.2 Å². The van der Waals surface area contributed by atoms with Crippen molar-refractivity contribution in [2.75, 3.05) is 18.9 Å². The number of nitrogens with one attached hydrogen (secondary N) is 1. The molecule has 1 aliphatic heterocycles. The van der Waals surface area contributed by atoms with Crippen LogP contribution in [-0.4, -0.2) is 67.2 Å². The van der Waals surface area contributed by atoms with Crippen molar-refractivity contribution in [3.8, 4) is 11.8 Å². The molecule has 1 saturated heterocycles. The summed E-state index contributed by atoms with van der Waals surface area (Å²) in [7, 11) is 0. The number of aromatic nitrogens is 4. The molecule has 4 atom stereocenters. The van der Waals surface area contributed by atoms with Gasteiger partial charge in [-0.15, -0.1) is 0 Å². The number of aliphatic hydroxyl groups excluding tert-OH is 2. The summed E-state index contributed by atoms with van der Waals surface area (Å²) >= 11 is 0. The van der Waals surface area contributed by atoms with Crippen LogP contribution in [0.3, 0.4) is 0 Å². The largest absolute Gasteiger partial charge is 0.471 e. The van der Waals surface area contributed by atoms with Crippen LogP contribution in [0.15, 0.2) is 36.9 Å². The molecule has 5 N–H and O–H groups in total. The predicted molar refractivity (Wildman–Crippen MR) is 121 cm³/mol. The lowest BCUT2D eigenvalue weighted by molar-refractivity contribution is -0.173. The number of anilines is 1. The lowest BCUT2D eigenvalue weighted by Crippen LogP contribution is -2.39. The smallest absolute Gasteiger partial charge is 0.394 e. The molecule has 0 radical (unpaired) electrons. The lowest BCUT2D eigenvalue weighted by Gasteiger charge is -2.37. The highest BCUT2D eigenvalue weighted by molar-refractivity contribution is 5.82. The summed E-state index contributed by atoms with van der Waals surface area (Å²) in [5.41, 5.74) is 6.86. The zero-order valence-corrected chi connectivity index (χ0v) is 19.0. The first-order chi connectivity index (χ1) is 17.1. The van der Waals surface area contributed by atoms with Gasteiger partial charge in [0.15, 0.2) is 17.2 Å². The monoisotopic (exact) mass is 504 g/mol. The Balaban J connectivity index is 1.61. The Morgan fingerprint density at radius 2 is 2.06 bits per heavy atom. The average Bonchev–Trinajstić information content (AvgIpc) is 3.43. The van der Waals surface area contributed by atoms with Gasteiger partial charge in [0.1, 0.15) is 17.9 Å². The van der Waals surface area contributed by atoms with Crippen LogP contribution >= 0.6 is 0 Å². The zero-order chi connectivity index (χ0) is 26.1. The van der Waals surface area contributed by atoms with Gasteiger partial charge in [0, 0.05) is 17.9 Å². The van der Waals surface area contributed by atoms with Gasteiger partial charge in [-0.25, -0.2) is 15.0 Å². The Morgan fingerprint density at radius 1 is 1.33 bits per heavy atom. The Bertz CT molecular complexity index is 1320. The number of amides is 1. The van der Waals surface area contributed by atoms with E-state index in [1.165, 1.54) is 12.7 Å². The van der Waals surface area contributed by atoms with Gasteiger partial charge in [-0.1, -0.05) is 30.9 Å². The van der Waals surface area contributed by atoms with Crippen LogP contribution in [0.25, 0.3) is 11.2 Å². The molecule has 1 amide bonds. The fourth-order valence-corrected chi connectivity index (χ4v) is 4.24. The summed E-state index contributed by atoms with van der Waals surface area (Å²) in [6, 6.07) is 6.91. The number of nitrogen functional groups attached to an aromatic ring is 1. The number of aliphatic hydroxyl groups is 2. The molecule has 0 saturated carbocycles. The molecule has 190 valence electrons. The molecule has 0 spiro atoms. The van der Waals surface area contributed by atoms with E-state index in [9.17, 15) is 28.2 Å². The summed E-state index contributed by atoms with van der Waals surface area (Å²) < 4.78 is 44.6. The lowest BCUT2D eigenvalue weighted by atomic mass is 9.86. The molecule has 1 aliphatic rings. The normalized spacial score (nSPS) is 22.7. The Morgan fingerprint density at radius 3 is 2.69 bits per heavy atom. The number of ether oxygens (including phenoxy) is 1. The first-order valence-electron chi connectivity index (χ1n) is 10.9. The van der Waals surface area contributed by atoms with E-state index in [-0.39, 0.29) is 18.2 Å². The van der Waals surface area contributed by atoms with E-state index in [4.69, 9.17) is 10.5 Å². The van der Waals surface area contributed by atoms with Gasteiger partial charge in [-0.2, -0.15) is 13.2 Å². The minimum Gasteiger partial charge on any atom is -0.394 e. The molecular weight excluding hydrogens is 481 g/mol. The van der Waals surface area contributed by atoms with E-state index in [2.05, 4.69) is 26.8 Å². The van der Waals surface area contributed by atoms with Crippen LogP contribution in [0.4, 0.5) is 19.0 Å². The number of hydrogen-bond acceptors (Lipinski definition) is 8. The fourth-order valence-electron chi connectivity index (χ4n) is 4.24. The molecule has 1 fully saturated rings. The van der Waals surface area contributed by atoms with Gasteiger partial charge in [-0.3, -0.25) is 9.36 Å². The number of nitrogens with zero attached hydrogens (tertiary/aromatic N) is 4. The van der Waals surface area contributed by atoms with Crippen molar-refractivity contribution in [2.45, 2.75) is 43.4 Å². The van der Waals surface area contributed by atoms with Crippen LogP contribution in [0.1, 0.15) is 30.4 Å². The molecule has 1 aromatic carbocycles. The van der Waals surface area contributed by atoms with Crippen molar-refractivity contribution >= 4 is 22.9 Å². The molecule has 0 bridgehead atoms. The highest BCUT2D eigenvalue weighted by Gasteiger charge is 2.52. The SMILES string of the molecule is CC(c1ccc(C#CCNC(=O)C(F)(F)F)cc1)[C@]1(n2cnc3c(N)ncnc32)C[C@H](O)[C@@H](CO)O1. The quantitative estimate of drug-likeness (QED) is 0.377. The third-order valence-corrected chi connectivity index (χ3v) is 6.15. The third kappa shape index (κ3) is 4.70. The number of fused-ring (bicyclic) bond motifs is 1. The zero-order valence-electron chi connectivity index (χ0n) is 19.0. The number of rotatable bonds is 5. The van der Waals surface area contributed by atoms with Gasteiger partial charge < -0.3 is 26.0 Å². The molecule has 3 aromatic rings. The van der Waals surface area contributed by atoms with Crippen molar-refractivity contribution in [1.82, 2.24) is 24.8 Å². The van der Waals surface area contributed by atoms with E-state index in [1.54, 1.807) is 34.1 Å². The van der Waals surface area contributed by atoms with Crippen molar-refractivity contribution in [3.05, 3.63) is 48.0 Å². The van der Waals surface area contributed by atoms with E-state index >= 15 is 0 Å². The molecule has 10 nitrogen and oxygen atoms in total. The average molecular weight is 504 g/mol. The highest BCUT2D eigenvalue weighted by Crippen LogP contribution is 2.47. The van der Waals surface area contributed by atoms with Crippen LogP contribution in [-0.2, 0) is 15.3 Å². The first-order valence-corrected chi connectivity index (χ1v) is 10.9. The minimum absolute atomic E-state index is 0.134. The Hall–Kier alpha value is -3.73. The van der Waals surface area contributed by atoms with E-state index in [0.29, 0.717) is 16.7 Å². The van der Waals surface area contributed by atoms with Crippen molar-refractivity contribution in [3.63, 3.8) is 0 Å². The second-order valence-electron chi connectivity index (χ2n) is 8.33. The topological polar surface area (TPSA) is 148 Å². The van der Waals surface area contributed by atoms with E-state index in [1.807, 2.05) is 6.92 Å². The second kappa shape index (κ2) is 9.73. The second-order valence-corrected chi connectivity index (χ2v) is 8.33. The van der Waals surface area contributed by atoms with Crippen molar-refractivity contribution < 1.29 is 32.9 Å². The molecule has 3 heterocycles. The highest BCUT2D eigenvalue weighted by atomic mass is 19.4. The molecule has 36 heavy (non-hydrogen) atoms. The number of carbonyl (C=O) groups is 1. The van der Waals surface area contributed by atoms with Gasteiger partial charge in [0.05, 0.1) is 25.6 Å². The maximum Gasteiger partial charge on any atom is 0.471 e. The van der Waals surface area contributed by atoms with Gasteiger partial charge >= 0.3 is 12.1 Å². The molecular formula is C23H23F3N6O4. The summed E-state index contributed by atoms with van der Waals surface area (Å²) in [5.74, 6) is 2.93. The first kappa shape index (κ1) is 25.4. The molecule has 1 unspecified atom stereocenters. The number of benzene rings is 1. The van der Waals surface area contributed by atoms with Crippen molar-refractivity contribution in [2.24, 2.45) is 0 Å². The maximum absolute atomic E-state index is 12.2. The Labute approximate surface area is 203 Å². The maximum atomic E-state index is 12.2. The molecule has 4 rings (SSSR count). The number of alkyl halides is 3. The Kier molecular flexibility index (Phi) is 6.85. The van der Waals surface area contributed by atoms with Crippen LogP contribution < -0.4 is 11.1 Å². The number of imidazole rings is 1.